The van der Waals surface area contributed by atoms with Crippen LogP contribution < -0.4 is 10.6 Å². The second-order valence-corrected chi connectivity index (χ2v) is 6.74. The summed E-state index contributed by atoms with van der Waals surface area (Å²) in [6.45, 7) is 1.71. The van der Waals surface area contributed by atoms with Gasteiger partial charge in [-0.1, -0.05) is 34.1 Å². The molecule has 0 bridgehead atoms. The summed E-state index contributed by atoms with van der Waals surface area (Å²) < 4.78 is 2.82. The van der Waals surface area contributed by atoms with Gasteiger partial charge >= 0.3 is 0 Å². The zero-order chi connectivity index (χ0) is 18.9. The molecule has 0 atom stereocenters. The third-order valence-corrected chi connectivity index (χ3v) is 4.78. The van der Waals surface area contributed by atoms with Crippen LogP contribution in [0.4, 0.5) is 0 Å². The van der Waals surface area contributed by atoms with E-state index in [0.717, 1.165) is 15.7 Å². The van der Waals surface area contributed by atoms with Crippen LogP contribution in [-0.2, 0) is 24.9 Å². The van der Waals surface area contributed by atoms with E-state index >= 15 is 0 Å². The molecule has 0 saturated carbocycles. The van der Waals surface area contributed by atoms with E-state index in [4.69, 9.17) is 0 Å². The Kier molecular flexibility index (Phi) is 7.65. The number of benzene rings is 1. The fourth-order valence-corrected chi connectivity index (χ4v) is 2.83. The van der Waals surface area contributed by atoms with Gasteiger partial charge in [0.1, 0.15) is 0 Å². The number of aliphatic imine (C=N–C) groups is 1. The second kappa shape index (κ2) is 9.96. The lowest BCUT2D eigenvalue weighted by Gasteiger charge is -2.19. The predicted molar refractivity (Wildman–Crippen MR) is 107 cm³/mol. The van der Waals surface area contributed by atoms with Crippen LogP contribution in [0.1, 0.15) is 17.7 Å². The van der Waals surface area contributed by atoms with Crippen molar-refractivity contribution in [2.24, 2.45) is 12.0 Å². The van der Waals surface area contributed by atoms with Crippen LogP contribution in [0.2, 0.25) is 0 Å². The number of guanidine groups is 1. The molecule has 0 spiro atoms. The van der Waals surface area contributed by atoms with Crippen molar-refractivity contribution in [2.75, 3.05) is 20.6 Å². The van der Waals surface area contributed by atoms with E-state index in [2.05, 4.69) is 36.7 Å². The Hall–Kier alpha value is -2.35. The molecular weight excluding hydrogens is 396 g/mol. The minimum atomic E-state index is 0.0790. The van der Waals surface area contributed by atoms with Crippen LogP contribution in [0.15, 0.2) is 46.0 Å². The van der Waals surface area contributed by atoms with E-state index in [-0.39, 0.29) is 5.91 Å². The summed E-state index contributed by atoms with van der Waals surface area (Å²) >= 11 is 3.51. The highest BCUT2D eigenvalue weighted by Gasteiger charge is 2.11. The number of aryl methyl sites for hydroxylation is 1. The van der Waals surface area contributed by atoms with Gasteiger partial charge in [0.05, 0.1) is 12.2 Å². The highest BCUT2D eigenvalue weighted by atomic mass is 79.9. The van der Waals surface area contributed by atoms with Crippen molar-refractivity contribution in [1.82, 2.24) is 25.3 Å². The molecule has 26 heavy (non-hydrogen) atoms. The van der Waals surface area contributed by atoms with Crippen LogP contribution in [0.25, 0.3) is 0 Å². The fraction of sp³-hybridized carbons (Fsp3) is 0.389. The summed E-state index contributed by atoms with van der Waals surface area (Å²) in [7, 11) is 5.42. The Morgan fingerprint density at radius 3 is 2.73 bits per heavy atom. The van der Waals surface area contributed by atoms with Crippen molar-refractivity contribution < 1.29 is 4.79 Å². The summed E-state index contributed by atoms with van der Waals surface area (Å²) in [6, 6.07) is 9.87. The lowest BCUT2D eigenvalue weighted by atomic mass is 10.2. The predicted octanol–water partition coefficient (Wildman–Crippen LogP) is 1.90. The molecule has 140 valence electrons. The van der Waals surface area contributed by atoms with Crippen molar-refractivity contribution in [3.8, 4) is 0 Å². The lowest BCUT2D eigenvalue weighted by molar-refractivity contribution is -0.130. The summed E-state index contributed by atoms with van der Waals surface area (Å²) in [4.78, 5) is 18.2. The molecule has 0 radical (unpaired) electrons. The van der Waals surface area contributed by atoms with E-state index in [0.29, 0.717) is 32.0 Å². The minimum absolute atomic E-state index is 0.0790. The zero-order valence-corrected chi connectivity index (χ0v) is 17.0. The molecule has 1 amide bonds. The van der Waals surface area contributed by atoms with Gasteiger partial charge in [-0.25, -0.2) is 0 Å². The molecule has 0 aliphatic heterocycles. The molecule has 0 aliphatic carbocycles. The second-order valence-electron chi connectivity index (χ2n) is 5.89. The smallest absolute Gasteiger partial charge is 0.224 e. The number of aromatic nitrogens is 2. The highest BCUT2D eigenvalue weighted by Crippen LogP contribution is 2.17. The van der Waals surface area contributed by atoms with Gasteiger partial charge in [0, 0.05) is 51.3 Å². The van der Waals surface area contributed by atoms with Crippen molar-refractivity contribution in [2.45, 2.75) is 19.5 Å². The molecule has 2 rings (SSSR count). The van der Waals surface area contributed by atoms with Crippen LogP contribution >= 0.6 is 15.9 Å². The van der Waals surface area contributed by atoms with Gasteiger partial charge in [0.15, 0.2) is 5.96 Å². The molecule has 0 aliphatic rings. The molecule has 2 N–H and O–H groups in total. The summed E-state index contributed by atoms with van der Waals surface area (Å²) in [6.07, 6.45) is 2.15. The Balaban J connectivity index is 1.74. The number of carbonyl (C=O) groups excluding carboxylic acids is 1. The Labute approximate surface area is 162 Å². The van der Waals surface area contributed by atoms with Gasteiger partial charge < -0.3 is 15.5 Å². The summed E-state index contributed by atoms with van der Waals surface area (Å²) in [5.41, 5.74) is 2.14. The van der Waals surface area contributed by atoms with E-state index in [9.17, 15) is 4.79 Å². The minimum Gasteiger partial charge on any atom is -0.356 e. The maximum atomic E-state index is 12.3. The first kappa shape index (κ1) is 20.0. The number of amides is 1. The maximum Gasteiger partial charge on any atom is 0.224 e. The number of nitrogens with one attached hydrogen (secondary N) is 2. The van der Waals surface area contributed by atoms with E-state index in [1.165, 1.54) is 0 Å². The number of hydrogen-bond acceptors (Lipinski definition) is 3. The lowest BCUT2D eigenvalue weighted by Crippen LogP contribution is -2.39. The summed E-state index contributed by atoms with van der Waals surface area (Å²) in [5, 5.41) is 10.5. The van der Waals surface area contributed by atoms with Gasteiger partial charge in [0.2, 0.25) is 5.91 Å². The Morgan fingerprint density at radius 1 is 1.31 bits per heavy atom. The standard InChI is InChI=1S/C18H25BrN6O/c1-20-18(22-12-15-8-11-23-25(15)3)21-10-9-17(26)24(2)13-14-6-4-5-7-16(14)19/h4-8,11H,9-10,12-13H2,1-3H3,(H2,20,21,22). The first-order chi connectivity index (χ1) is 12.5. The monoisotopic (exact) mass is 420 g/mol. The first-order valence-corrected chi connectivity index (χ1v) is 9.19. The average molecular weight is 421 g/mol. The molecular formula is C18H25BrN6O. The topological polar surface area (TPSA) is 74.6 Å². The highest BCUT2D eigenvalue weighted by molar-refractivity contribution is 9.10. The maximum absolute atomic E-state index is 12.3. The van der Waals surface area contributed by atoms with Crippen molar-refractivity contribution in [3.63, 3.8) is 0 Å². The fourth-order valence-electron chi connectivity index (χ4n) is 2.42. The molecule has 0 saturated heterocycles. The normalized spacial score (nSPS) is 11.3. The molecule has 2 aromatic rings. The van der Waals surface area contributed by atoms with E-state index < -0.39 is 0 Å². The van der Waals surface area contributed by atoms with Crippen molar-refractivity contribution in [1.29, 1.82) is 0 Å². The van der Waals surface area contributed by atoms with Crippen LogP contribution in [-0.4, -0.2) is 47.2 Å². The number of carbonyl (C=O) groups is 1. The van der Waals surface area contributed by atoms with Gasteiger partial charge in [0.25, 0.3) is 0 Å². The zero-order valence-electron chi connectivity index (χ0n) is 15.4. The first-order valence-electron chi connectivity index (χ1n) is 8.40. The largest absolute Gasteiger partial charge is 0.356 e. The van der Waals surface area contributed by atoms with Gasteiger partial charge in [-0.15, -0.1) is 0 Å². The molecule has 7 nitrogen and oxygen atoms in total. The molecule has 0 unspecified atom stereocenters. The summed E-state index contributed by atoms with van der Waals surface area (Å²) in [5.74, 6) is 0.739. The SMILES string of the molecule is CN=C(NCCC(=O)N(C)Cc1ccccc1Br)NCc1ccnn1C. The van der Waals surface area contributed by atoms with Crippen molar-refractivity contribution in [3.05, 3.63) is 52.3 Å². The number of hydrogen-bond donors (Lipinski definition) is 2. The third-order valence-electron chi connectivity index (χ3n) is 4.01. The molecule has 8 heteroatoms. The Bertz CT molecular complexity index is 758. The Morgan fingerprint density at radius 2 is 2.08 bits per heavy atom. The molecule has 1 heterocycles. The molecule has 1 aromatic carbocycles. The number of nitrogens with zero attached hydrogens (tertiary/aromatic N) is 4. The quantitative estimate of drug-likeness (QED) is 0.529. The van der Waals surface area contributed by atoms with E-state index in [1.54, 1.807) is 22.8 Å². The van der Waals surface area contributed by atoms with Gasteiger partial charge in [-0.3, -0.25) is 14.5 Å². The van der Waals surface area contributed by atoms with E-state index in [1.807, 2.05) is 44.4 Å². The van der Waals surface area contributed by atoms with Gasteiger partial charge in [-0.05, 0) is 17.7 Å². The van der Waals surface area contributed by atoms with Crippen molar-refractivity contribution >= 4 is 27.8 Å². The number of rotatable bonds is 7. The molecule has 1 aromatic heterocycles. The van der Waals surface area contributed by atoms with Crippen LogP contribution in [0.5, 0.6) is 0 Å². The van der Waals surface area contributed by atoms with Crippen LogP contribution in [0, 0.1) is 0 Å². The van der Waals surface area contributed by atoms with Crippen LogP contribution in [0.3, 0.4) is 0 Å². The third kappa shape index (κ3) is 5.87. The van der Waals surface area contributed by atoms with Gasteiger partial charge in [-0.2, -0.15) is 5.10 Å². The average Bonchev–Trinajstić information content (AvgIpc) is 3.04. The number of halogens is 1. The molecule has 0 fully saturated rings.